The lowest BCUT2D eigenvalue weighted by atomic mass is 10.1. The van der Waals surface area contributed by atoms with Crippen molar-refractivity contribution in [3.63, 3.8) is 0 Å². The van der Waals surface area contributed by atoms with E-state index in [1.807, 2.05) is 42.5 Å². The van der Waals surface area contributed by atoms with E-state index in [0.717, 1.165) is 16.6 Å². The zero-order chi connectivity index (χ0) is 21.4. The highest BCUT2D eigenvalue weighted by Crippen LogP contribution is 2.26. The standard InChI is InChI=1S/C22H18N4O5/c27-21-17(19-23-20(31-24-19)14-4-2-1-3-5-14)12-15-6-7-16(13-18(15)30-21)25-8-10-26(11-9-25)22(28)29/h1-7,12-13H,8-11H2,(H,28,29). The highest BCUT2D eigenvalue weighted by molar-refractivity contribution is 5.83. The van der Waals surface area contributed by atoms with E-state index in [1.165, 1.54) is 4.90 Å². The number of benzene rings is 2. The van der Waals surface area contributed by atoms with Crippen molar-refractivity contribution in [2.45, 2.75) is 0 Å². The molecule has 0 bridgehead atoms. The van der Waals surface area contributed by atoms with Crippen LogP contribution < -0.4 is 10.5 Å². The Morgan fingerprint density at radius 2 is 1.77 bits per heavy atom. The zero-order valence-electron chi connectivity index (χ0n) is 16.4. The molecule has 31 heavy (non-hydrogen) atoms. The molecule has 4 aromatic rings. The Labute approximate surface area is 176 Å². The maximum Gasteiger partial charge on any atom is 0.407 e. The third kappa shape index (κ3) is 3.61. The quantitative estimate of drug-likeness (QED) is 0.504. The van der Waals surface area contributed by atoms with Gasteiger partial charge in [0.2, 0.25) is 5.82 Å². The summed E-state index contributed by atoms with van der Waals surface area (Å²) in [4.78, 5) is 31.5. The van der Waals surface area contributed by atoms with Gasteiger partial charge in [0.1, 0.15) is 11.1 Å². The van der Waals surface area contributed by atoms with Crippen molar-refractivity contribution in [3.05, 3.63) is 65.0 Å². The summed E-state index contributed by atoms with van der Waals surface area (Å²) in [6, 6.07) is 16.6. The van der Waals surface area contributed by atoms with Gasteiger partial charge in [0.05, 0.1) is 0 Å². The van der Waals surface area contributed by atoms with Crippen molar-refractivity contribution >= 4 is 22.7 Å². The molecule has 9 nitrogen and oxygen atoms in total. The van der Waals surface area contributed by atoms with Crippen LogP contribution in [0.5, 0.6) is 0 Å². The number of hydrogen-bond donors (Lipinski definition) is 1. The van der Waals surface area contributed by atoms with Crippen LogP contribution in [0.4, 0.5) is 10.5 Å². The predicted molar refractivity (Wildman–Crippen MR) is 113 cm³/mol. The lowest BCUT2D eigenvalue weighted by Crippen LogP contribution is -2.48. The Kier molecular flexibility index (Phi) is 4.62. The normalized spacial score (nSPS) is 14.2. The third-order valence-electron chi connectivity index (χ3n) is 5.32. The molecular formula is C22H18N4O5. The van der Waals surface area contributed by atoms with Gasteiger partial charge >= 0.3 is 11.7 Å². The molecular weight excluding hydrogens is 400 g/mol. The van der Waals surface area contributed by atoms with Crippen LogP contribution in [-0.2, 0) is 0 Å². The molecule has 3 heterocycles. The van der Waals surface area contributed by atoms with Crippen molar-refractivity contribution in [3.8, 4) is 22.8 Å². The van der Waals surface area contributed by atoms with Gasteiger partial charge in [0.15, 0.2) is 0 Å². The van der Waals surface area contributed by atoms with Crippen LogP contribution in [0.2, 0.25) is 0 Å². The van der Waals surface area contributed by atoms with Gasteiger partial charge < -0.3 is 23.8 Å². The number of nitrogens with zero attached hydrogens (tertiary/aromatic N) is 4. The summed E-state index contributed by atoms with van der Waals surface area (Å²) in [7, 11) is 0. The zero-order valence-corrected chi connectivity index (χ0v) is 16.4. The number of amides is 1. The first kappa shape index (κ1) is 18.9. The molecule has 2 aromatic heterocycles. The molecule has 1 amide bonds. The van der Waals surface area contributed by atoms with Crippen LogP contribution in [0.15, 0.2) is 68.3 Å². The fraction of sp³-hybridized carbons (Fsp3) is 0.182. The molecule has 0 aliphatic carbocycles. The summed E-state index contributed by atoms with van der Waals surface area (Å²) < 4.78 is 10.8. The highest BCUT2D eigenvalue weighted by Gasteiger charge is 2.21. The molecule has 1 saturated heterocycles. The summed E-state index contributed by atoms with van der Waals surface area (Å²) in [6.45, 7) is 2.01. The van der Waals surface area contributed by atoms with Gasteiger partial charge in [-0.3, -0.25) is 0 Å². The summed E-state index contributed by atoms with van der Waals surface area (Å²) in [5.41, 5.74) is 1.75. The average Bonchev–Trinajstić information content (AvgIpc) is 3.29. The van der Waals surface area contributed by atoms with E-state index >= 15 is 0 Å². The molecule has 1 fully saturated rings. The monoisotopic (exact) mass is 418 g/mol. The number of fused-ring (bicyclic) bond motifs is 1. The highest BCUT2D eigenvalue weighted by atomic mass is 16.5. The average molecular weight is 418 g/mol. The van der Waals surface area contributed by atoms with Gasteiger partial charge in [0, 0.05) is 48.9 Å². The molecule has 1 N–H and O–H groups in total. The number of hydrogen-bond acceptors (Lipinski definition) is 7. The fourth-order valence-corrected chi connectivity index (χ4v) is 3.64. The number of aromatic nitrogens is 2. The van der Waals surface area contributed by atoms with Crippen LogP contribution in [0.25, 0.3) is 33.8 Å². The van der Waals surface area contributed by atoms with E-state index in [2.05, 4.69) is 15.0 Å². The molecule has 0 unspecified atom stereocenters. The first-order chi connectivity index (χ1) is 15.1. The van der Waals surface area contributed by atoms with E-state index in [1.54, 1.807) is 12.1 Å². The summed E-state index contributed by atoms with van der Waals surface area (Å²) in [6.07, 6.45) is -0.909. The molecule has 9 heteroatoms. The minimum absolute atomic E-state index is 0.170. The second kappa shape index (κ2) is 7.60. The van der Waals surface area contributed by atoms with Crippen molar-refractivity contribution in [2.75, 3.05) is 31.1 Å². The van der Waals surface area contributed by atoms with Crippen LogP contribution in [0, 0.1) is 0 Å². The van der Waals surface area contributed by atoms with Gasteiger partial charge in [-0.25, -0.2) is 9.59 Å². The van der Waals surface area contributed by atoms with Crippen LogP contribution in [0.3, 0.4) is 0 Å². The number of rotatable bonds is 3. The Morgan fingerprint density at radius 1 is 1.00 bits per heavy atom. The third-order valence-corrected chi connectivity index (χ3v) is 5.32. The van der Waals surface area contributed by atoms with E-state index < -0.39 is 11.7 Å². The maximum atomic E-state index is 12.6. The molecule has 0 saturated carbocycles. The fourth-order valence-electron chi connectivity index (χ4n) is 3.64. The molecule has 2 aromatic carbocycles. The van der Waals surface area contributed by atoms with Crippen LogP contribution >= 0.6 is 0 Å². The number of carboxylic acid groups (broad SMARTS) is 1. The molecule has 0 atom stereocenters. The number of piperazine rings is 1. The number of anilines is 1. The SMILES string of the molecule is O=C(O)N1CCN(c2ccc3cc(-c4noc(-c5ccccc5)n4)c(=O)oc3c2)CC1. The first-order valence-electron chi connectivity index (χ1n) is 9.79. The maximum absolute atomic E-state index is 12.6. The van der Waals surface area contributed by atoms with Crippen LogP contribution in [-0.4, -0.2) is 52.4 Å². The minimum atomic E-state index is -0.909. The van der Waals surface area contributed by atoms with Crippen molar-refractivity contribution in [2.24, 2.45) is 0 Å². The lowest BCUT2D eigenvalue weighted by Gasteiger charge is -2.34. The molecule has 1 aliphatic heterocycles. The molecule has 0 radical (unpaired) electrons. The van der Waals surface area contributed by atoms with Gasteiger partial charge in [0.25, 0.3) is 5.89 Å². The molecule has 5 rings (SSSR count). The Hall–Kier alpha value is -4.14. The van der Waals surface area contributed by atoms with Gasteiger partial charge in [-0.2, -0.15) is 4.98 Å². The Balaban J connectivity index is 1.43. The van der Waals surface area contributed by atoms with Gasteiger partial charge in [-0.15, -0.1) is 0 Å². The summed E-state index contributed by atoms with van der Waals surface area (Å²) >= 11 is 0. The van der Waals surface area contributed by atoms with Crippen LogP contribution in [0.1, 0.15) is 0 Å². The topological polar surface area (TPSA) is 113 Å². The van der Waals surface area contributed by atoms with E-state index in [9.17, 15) is 9.59 Å². The molecule has 0 spiro atoms. The van der Waals surface area contributed by atoms with Gasteiger partial charge in [-0.1, -0.05) is 23.4 Å². The van der Waals surface area contributed by atoms with Crippen molar-refractivity contribution in [1.29, 1.82) is 0 Å². The molecule has 1 aliphatic rings. The summed E-state index contributed by atoms with van der Waals surface area (Å²) in [5.74, 6) is 0.495. The van der Waals surface area contributed by atoms with Gasteiger partial charge in [-0.05, 0) is 30.3 Å². The minimum Gasteiger partial charge on any atom is -0.465 e. The largest absolute Gasteiger partial charge is 0.465 e. The lowest BCUT2D eigenvalue weighted by molar-refractivity contribution is 0.142. The smallest absolute Gasteiger partial charge is 0.407 e. The summed E-state index contributed by atoms with van der Waals surface area (Å²) in [5, 5.41) is 13.8. The molecule has 156 valence electrons. The second-order valence-corrected chi connectivity index (χ2v) is 7.22. The van der Waals surface area contributed by atoms with E-state index in [-0.39, 0.29) is 11.4 Å². The second-order valence-electron chi connectivity index (χ2n) is 7.22. The number of carbonyl (C=O) groups is 1. The Bertz CT molecular complexity index is 1310. The Morgan fingerprint density at radius 3 is 2.52 bits per heavy atom. The van der Waals surface area contributed by atoms with Crippen molar-refractivity contribution in [1.82, 2.24) is 15.0 Å². The van der Waals surface area contributed by atoms with E-state index in [4.69, 9.17) is 14.0 Å². The van der Waals surface area contributed by atoms with Crippen molar-refractivity contribution < 1.29 is 18.8 Å². The predicted octanol–water partition coefficient (Wildman–Crippen LogP) is 3.31. The van der Waals surface area contributed by atoms with E-state index in [0.29, 0.717) is 37.7 Å². The first-order valence-corrected chi connectivity index (χ1v) is 9.79.